The zero-order chi connectivity index (χ0) is 39.2. The Morgan fingerprint density at radius 1 is 0.237 bits per heavy atom. The summed E-state index contributed by atoms with van der Waals surface area (Å²) in [5.74, 6) is 0. The fourth-order valence-corrected chi connectivity index (χ4v) is 6.64. The summed E-state index contributed by atoms with van der Waals surface area (Å²) >= 11 is 0. The summed E-state index contributed by atoms with van der Waals surface area (Å²) in [5.41, 5.74) is 17.7. The molecule has 0 aliphatic carbocycles. The van der Waals surface area contributed by atoms with Crippen LogP contribution in [0.5, 0.6) is 0 Å². The van der Waals surface area contributed by atoms with Gasteiger partial charge in [-0.05, 0) is 90.6 Å². The quantitative estimate of drug-likeness (QED) is 0.167. The van der Waals surface area contributed by atoms with Crippen molar-refractivity contribution in [2.75, 3.05) is 0 Å². The summed E-state index contributed by atoms with van der Waals surface area (Å²) < 4.78 is 0. The smallest absolute Gasteiger partial charge is 0.0708 e. The van der Waals surface area contributed by atoms with Crippen LogP contribution in [0.25, 0.3) is 67.2 Å². The van der Waals surface area contributed by atoms with Crippen LogP contribution in [0.15, 0.2) is 219 Å². The molecule has 0 atom stereocenters. The summed E-state index contributed by atoms with van der Waals surface area (Å²) in [6, 6.07) is 69.1. The van der Waals surface area contributed by atoms with E-state index in [0.29, 0.717) is 0 Å². The number of hydrogen-bond acceptors (Lipinski definition) is 3. The van der Waals surface area contributed by atoms with Crippen molar-refractivity contribution in [1.82, 2.24) is 15.0 Å². The SMILES string of the molecule is Cc1ccc(-c2ccccc2-c2ccccn2)cc1.Cc1ccc(-c2ccccc2-c2ccccn2)cc1.Cc1ccc(-c2ccccc2-c2ccccn2)cc1.[Ir].[Ir]. The van der Waals surface area contributed by atoms with Crippen molar-refractivity contribution in [1.29, 1.82) is 0 Å². The summed E-state index contributed by atoms with van der Waals surface area (Å²) in [5, 5.41) is 0. The number of aryl methyl sites for hydroxylation is 3. The molecule has 2 radical (unpaired) electrons. The predicted molar refractivity (Wildman–Crippen MR) is 240 cm³/mol. The summed E-state index contributed by atoms with van der Waals surface area (Å²) in [6.45, 7) is 6.32. The second-order valence-electron chi connectivity index (χ2n) is 13.9. The van der Waals surface area contributed by atoms with Gasteiger partial charge in [-0.1, -0.05) is 180 Å². The Balaban J connectivity index is 0.000000165. The van der Waals surface area contributed by atoms with Gasteiger partial charge in [-0.25, -0.2) is 0 Å². The van der Waals surface area contributed by atoms with E-state index in [9.17, 15) is 0 Å². The van der Waals surface area contributed by atoms with Gasteiger partial charge >= 0.3 is 0 Å². The van der Waals surface area contributed by atoms with Crippen molar-refractivity contribution in [2.45, 2.75) is 20.8 Å². The van der Waals surface area contributed by atoms with Crippen LogP contribution in [0.1, 0.15) is 16.7 Å². The average Bonchev–Trinajstić information content (AvgIpc) is 3.29. The Hall–Kier alpha value is -5.93. The van der Waals surface area contributed by atoms with Crippen molar-refractivity contribution in [3.63, 3.8) is 0 Å². The van der Waals surface area contributed by atoms with E-state index in [1.807, 2.05) is 73.2 Å². The van der Waals surface area contributed by atoms with E-state index < -0.39 is 0 Å². The molecular weight excluding hydrogens is 1080 g/mol. The fraction of sp³-hybridized carbons (Fsp3) is 0.0556. The van der Waals surface area contributed by atoms with E-state index in [4.69, 9.17) is 0 Å². The maximum absolute atomic E-state index is 4.45. The van der Waals surface area contributed by atoms with E-state index in [2.05, 4.69) is 181 Å². The first kappa shape index (κ1) is 44.2. The Morgan fingerprint density at radius 2 is 0.458 bits per heavy atom. The first-order chi connectivity index (χ1) is 28.0. The van der Waals surface area contributed by atoms with Crippen LogP contribution in [0.2, 0.25) is 0 Å². The van der Waals surface area contributed by atoms with Gasteiger partial charge < -0.3 is 0 Å². The van der Waals surface area contributed by atoms with Gasteiger partial charge in [-0.15, -0.1) is 0 Å². The number of hydrogen-bond donors (Lipinski definition) is 0. The van der Waals surface area contributed by atoms with Gasteiger partial charge in [0.25, 0.3) is 0 Å². The van der Waals surface area contributed by atoms with Crippen molar-refractivity contribution >= 4 is 0 Å². The molecule has 3 heterocycles. The molecule has 3 aromatic heterocycles. The molecule has 0 fully saturated rings. The summed E-state index contributed by atoms with van der Waals surface area (Å²) in [4.78, 5) is 13.4. The molecule has 9 rings (SSSR count). The number of benzene rings is 6. The van der Waals surface area contributed by atoms with Crippen LogP contribution in [0, 0.1) is 20.8 Å². The summed E-state index contributed by atoms with van der Waals surface area (Å²) in [6.07, 6.45) is 5.50. The molecule has 59 heavy (non-hydrogen) atoms. The topological polar surface area (TPSA) is 38.7 Å². The molecule has 0 spiro atoms. The molecule has 0 saturated heterocycles. The second-order valence-corrected chi connectivity index (χ2v) is 13.9. The van der Waals surface area contributed by atoms with Gasteiger partial charge in [-0.3, -0.25) is 15.0 Å². The largest absolute Gasteiger partial charge is 0.256 e. The van der Waals surface area contributed by atoms with Gasteiger partial charge in [0.15, 0.2) is 0 Å². The number of nitrogens with zero attached hydrogens (tertiary/aromatic N) is 3. The zero-order valence-electron chi connectivity index (χ0n) is 33.3. The van der Waals surface area contributed by atoms with E-state index in [1.54, 1.807) is 0 Å². The van der Waals surface area contributed by atoms with Crippen LogP contribution < -0.4 is 0 Å². The van der Waals surface area contributed by atoms with Gasteiger partial charge in [-0.2, -0.15) is 0 Å². The normalized spacial score (nSPS) is 10.0. The van der Waals surface area contributed by atoms with Crippen molar-refractivity contribution in [3.8, 4) is 67.2 Å². The molecule has 294 valence electrons. The third-order valence-electron chi connectivity index (χ3n) is 9.69. The predicted octanol–water partition coefficient (Wildman–Crippen LogP) is 14.2. The fourth-order valence-electron chi connectivity index (χ4n) is 6.64. The van der Waals surface area contributed by atoms with Gasteiger partial charge in [0, 0.05) is 75.5 Å². The molecule has 0 bridgehead atoms. The molecular formula is C54H45Ir2N3. The van der Waals surface area contributed by atoms with Crippen molar-refractivity contribution in [2.24, 2.45) is 0 Å². The van der Waals surface area contributed by atoms with Crippen LogP contribution in [-0.4, -0.2) is 15.0 Å². The molecule has 0 N–H and O–H groups in total. The third-order valence-corrected chi connectivity index (χ3v) is 9.69. The molecule has 0 amide bonds. The maximum Gasteiger partial charge on any atom is 0.0708 e. The monoisotopic (exact) mass is 1120 g/mol. The van der Waals surface area contributed by atoms with Crippen LogP contribution in [-0.2, 0) is 40.2 Å². The van der Waals surface area contributed by atoms with E-state index in [-0.39, 0.29) is 40.2 Å². The Morgan fingerprint density at radius 3 is 0.678 bits per heavy atom. The molecule has 5 heteroatoms. The maximum atomic E-state index is 4.45. The van der Waals surface area contributed by atoms with Crippen molar-refractivity contribution in [3.05, 3.63) is 235 Å². The molecule has 0 saturated carbocycles. The molecule has 3 nitrogen and oxygen atoms in total. The molecule has 6 aromatic carbocycles. The Bertz CT molecular complexity index is 2320. The third kappa shape index (κ3) is 11.8. The van der Waals surface area contributed by atoms with E-state index in [0.717, 1.165) is 17.1 Å². The van der Waals surface area contributed by atoms with E-state index in [1.165, 1.54) is 66.8 Å². The first-order valence-corrected chi connectivity index (χ1v) is 19.3. The minimum atomic E-state index is 0. The minimum Gasteiger partial charge on any atom is -0.256 e. The molecule has 0 aliphatic heterocycles. The van der Waals surface area contributed by atoms with E-state index >= 15 is 0 Å². The van der Waals surface area contributed by atoms with Crippen LogP contribution in [0.3, 0.4) is 0 Å². The Labute approximate surface area is 376 Å². The first-order valence-electron chi connectivity index (χ1n) is 19.3. The number of aromatic nitrogens is 3. The minimum absolute atomic E-state index is 0. The van der Waals surface area contributed by atoms with Gasteiger partial charge in [0.05, 0.1) is 17.1 Å². The van der Waals surface area contributed by atoms with Crippen LogP contribution in [0.4, 0.5) is 0 Å². The van der Waals surface area contributed by atoms with Crippen molar-refractivity contribution < 1.29 is 40.2 Å². The number of rotatable bonds is 6. The molecule has 9 aromatic rings. The zero-order valence-corrected chi connectivity index (χ0v) is 38.1. The molecule has 0 aliphatic rings. The Kier molecular flexibility index (Phi) is 16.7. The van der Waals surface area contributed by atoms with Gasteiger partial charge in [0.1, 0.15) is 0 Å². The van der Waals surface area contributed by atoms with Gasteiger partial charge in [0.2, 0.25) is 0 Å². The second kappa shape index (κ2) is 22.3. The standard InChI is InChI=1S/3C18H15N.2Ir/c3*1-14-9-11-15(12-10-14)16-6-2-3-7-17(16)18-8-4-5-13-19-18;;/h3*2-13H,1H3;;. The average molecular weight is 1120 g/mol. The summed E-state index contributed by atoms with van der Waals surface area (Å²) in [7, 11) is 0. The molecule has 0 unspecified atom stereocenters. The van der Waals surface area contributed by atoms with Crippen LogP contribution >= 0.6 is 0 Å². The number of pyridine rings is 3.